The Kier molecular flexibility index (Phi) is 3.73. The van der Waals surface area contributed by atoms with Crippen molar-refractivity contribution >= 4 is 6.85 Å². The summed E-state index contributed by atoms with van der Waals surface area (Å²) in [5.41, 5.74) is 2.71. The predicted octanol–water partition coefficient (Wildman–Crippen LogP) is 3.90. The van der Waals surface area contributed by atoms with Crippen molar-refractivity contribution in [2.24, 2.45) is 0 Å². The van der Waals surface area contributed by atoms with Gasteiger partial charge in [0.2, 0.25) is 0 Å². The first kappa shape index (κ1) is 12.8. The molecular weight excluding hydrogens is 241 g/mol. The minimum absolute atomic E-state index is 0.351. The van der Waals surface area contributed by atoms with E-state index in [1.165, 1.54) is 11.1 Å². The van der Waals surface area contributed by atoms with Crippen LogP contribution in [0.3, 0.4) is 0 Å². The Morgan fingerprint density at radius 1 is 0.800 bits per heavy atom. The molecule has 3 rings (SSSR count). The summed E-state index contributed by atoms with van der Waals surface area (Å²) in [5, 5.41) is 0. The highest BCUT2D eigenvalue weighted by molar-refractivity contribution is 6.64. The van der Waals surface area contributed by atoms with E-state index in [9.17, 15) is 0 Å². The fraction of sp³-hybridized carbons (Fsp3) is 0.111. The minimum Gasteiger partial charge on any atom is -0.419 e. The summed E-state index contributed by atoms with van der Waals surface area (Å²) in [6.07, 6.45) is 6.37. The van der Waals surface area contributed by atoms with Gasteiger partial charge >= 0.3 is 0 Å². The van der Waals surface area contributed by atoms with Crippen molar-refractivity contribution in [2.45, 2.75) is 5.82 Å². The molecule has 0 N–H and O–H groups in total. The van der Waals surface area contributed by atoms with Crippen LogP contribution in [-0.2, 0) is 0 Å². The highest BCUT2D eigenvalue weighted by Gasteiger charge is 2.30. The minimum atomic E-state index is 0.351. The van der Waals surface area contributed by atoms with Gasteiger partial charge in [-0.2, -0.15) is 0 Å². The molecule has 98 valence electrons. The van der Waals surface area contributed by atoms with Crippen molar-refractivity contribution in [2.75, 3.05) is 7.05 Å². The highest BCUT2D eigenvalue weighted by atomic mass is 15.0. The van der Waals surface area contributed by atoms with E-state index in [1.807, 2.05) is 0 Å². The quantitative estimate of drug-likeness (QED) is 0.755. The van der Waals surface area contributed by atoms with E-state index in [1.54, 1.807) is 0 Å². The first-order chi connectivity index (χ1) is 9.86. The third kappa shape index (κ3) is 2.55. The fourth-order valence-corrected chi connectivity index (χ4v) is 2.85. The molecule has 0 bridgehead atoms. The molecule has 0 spiro atoms. The lowest BCUT2D eigenvalue weighted by Gasteiger charge is -2.31. The van der Waals surface area contributed by atoms with Gasteiger partial charge in [0.1, 0.15) is 0 Å². The molecule has 0 aliphatic carbocycles. The van der Waals surface area contributed by atoms with Crippen LogP contribution in [0.1, 0.15) is 16.9 Å². The number of benzene rings is 2. The van der Waals surface area contributed by atoms with Gasteiger partial charge in [-0.05, 0) is 30.5 Å². The van der Waals surface area contributed by atoms with Crippen molar-refractivity contribution < 1.29 is 0 Å². The smallest absolute Gasteiger partial charge is 0.292 e. The topological polar surface area (TPSA) is 3.24 Å². The van der Waals surface area contributed by atoms with E-state index < -0.39 is 0 Å². The second kappa shape index (κ2) is 5.83. The molecule has 0 saturated carbocycles. The maximum absolute atomic E-state index is 2.28. The van der Waals surface area contributed by atoms with Crippen LogP contribution in [0.15, 0.2) is 85.0 Å². The van der Waals surface area contributed by atoms with Gasteiger partial charge in [-0.25, -0.2) is 0 Å². The SMILES string of the molecule is CN1C=CC=CB1C(c1ccccc1)c1ccccc1. The van der Waals surface area contributed by atoms with Gasteiger partial charge in [-0.3, -0.25) is 0 Å². The molecule has 0 amide bonds. The maximum Gasteiger partial charge on any atom is 0.292 e. The van der Waals surface area contributed by atoms with Crippen LogP contribution in [-0.4, -0.2) is 18.7 Å². The Morgan fingerprint density at radius 3 is 1.85 bits per heavy atom. The fourth-order valence-electron chi connectivity index (χ4n) is 2.85. The molecule has 2 aromatic rings. The van der Waals surface area contributed by atoms with Crippen LogP contribution in [0.5, 0.6) is 0 Å². The van der Waals surface area contributed by atoms with Crippen LogP contribution >= 0.6 is 0 Å². The summed E-state index contributed by atoms with van der Waals surface area (Å²) in [4.78, 5) is 2.28. The van der Waals surface area contributed by atoms with E-state index in [4.69, 9.17) is 0 Å². The van der Waals surface area contributed by atoms with Gasteiger partial charge < -0.3 is 4.81 Å². The molecule has 0 atom stereocenters. The molecule has 0 unspecified atom stereocenters. The van der Waals surface area contributed by atoms with Crippen LogP contribution < -0.4 is 0 Å². The number of hydrogen-bond donors (Lipinski definition) is 0. The first-order valence-corrected chi connectivity index (χ1v) is 7.03. The molecule has 2 aromatic carbocycles. The Bertz CT molecular complexity index is 564. The third-order valence-electron chi connectivity index (χ3n) is 3.87. The third-order valence-corrected chi connectivity index (χ3v) is 3.87. The van der Waals surface area contributed by atoms with Crippen molar-refractivity contribution in [3.8, 4) is 0 Å². The van der Waals surface area contributed by atoms with E-state index >= 15 is 0 Å². The molecule has 2 heteroatoms. The Hall–Kier alpha value is -2.22. The van der Waals surface area contributed by atoms with E-state index in [-0.39, 0.29) is 0 Å². The lowest BCUT2D eigenvalue weighted by atomic mass is 9.45. The molecule has 1 aliphatic heterocycles. The molecule has 0 aromatic heterocycles. The number of rotatable bonds is 3. The largest absolute Gasteiger partial charge is 0.419 e. The van der Waals surface area contributed by atoms with Crippen molar-refractivity contribution in [1.29, 1.82) is 0 Å². The highest BCUT2D eigenvalue weighted by Crippen LogP contribution is 2.29. The normalized spacial score (nSPS) is 14.1. The molecule has 20 heavy (non-hydrogen) atoms. The zero-order chi connectivity index (χ0) is 13.8. The van der Waals surface area contributed by atoms with E-state index in [0.29, 0.717) is 12.7 Å². The predicted molar refractivity (Wildman–Crippen MR) is 86.5 cm³/mol. The molecule has 0 radical (unpaired) electrons. The number of nitrogens with zero attached hydrogens (tertiary/aromatic N) is 1. The lowest BCUT2D eigenvalue weighted by Crippen LogP contribution is -2.38. The Labute approximate surface area is 121 Å². The second-order valence-electron chi connectivity index (χ2n) is 5.18. The van der Waals surface area contributed by atoms with E-state index in [0.717, 1.165) is 0 Å². The van der Waals surface area contributed by atoms with Crippen LogP contribution in [0.4, 0.5) is 0 Å². The molecule has 1 nitrogen and oxygen atoms in total. The van der Waals surface area contributed by atoms with Gasteiger partial charge in [0.25, 0.3) is 6.85 Å². The molecule has 1 aliphatic rings. The van der Waals surface area contributed by atoms with Gasteiger partial charge in [0, 0.05) is 5.82 Å². The first-order valence-electron chi connectivity index (χ1n) is 7.03. The van der Waals surface area contributed by atoms with Crippen LogP contribution in [0, 0.1) is 0 Å². The number of hydrogen-bond acceptors (Lipinski definition) is 1. The Balaban J connectivity index is 2.05. The van der Waals surface area contributed by atoms with Gasteiger partial charge in [0.05, 0.1) is 0 Å². The summed E-state index contributed by atoms with van der Waals surface area (Å²) in [6.45, 7) is 0.352. The zero-order valence-electron chi connectivity index (χ0n) is 11.7. The molecule has 1 heterocycles. The van der Waals surface area contributed by atoms with Crippen molar-refractivity contribution in [3.05, 3.63) is 96.1 Å². The average molecular weight is 259 g/mol. The van der Waals surface area contributed by atoms with Crippen LogP contribution in [0.2, 0.25) is 0 Å². The second-order valence-corrected chi connectivity index (χ2v) is 5.18. The summed E-state index contributed by atoms with van der Waals surface area (Å²) < 4.78 is 0. The van der Waals surface area contributed by atoms with Crippen molar-refractivity contribution in [1.82, 2.24) is 4.81 Å². The van der Waals surface area contributed by atoms with Gasteiger partial charge in [-0.15, -0.1) is 0 Å². The summed E-state index contributed by atoms with van der Waals surface area (Å²) in [7, 11) is 2.14. The lowest BCUT2D eigenvalue weighted by molar-refractivity contribution is 0.694. The zero-order valence-corrected chi connectivity index (χ0v) is 11.7. The number of allylic oxidation sites excluding steroid dienone is 2. The molecule has 0 saturated heterocycles. The standard InChI is InChI=1S/C18H18BN/c1-20-15-9-8-14-19(20)18(16-10-4-2-5-11-16)17-12-6-3-7-13-17/h2-15,18H,1H3. The summed E-state index contributed by atoms with van der Waals surface area (Å²) in [5.74, 6) is 2.63. The van der Waals surface area contributed by atoms with Crippen molar-refractivity contribution in [3.63, 3.8) is 0 Å². The van der Waals surface area contributed by atoms with Crippen LogP contribution in [0.25, 0.3) is 0 Å². The Morgan fingerprint density at radius 2 is 1.35 bits per heavy atom. The summed E-state index contributed by atoms with van der Waals surface area (Å²) >= 11 is 0. The molecule has 0 fully saturated rings. The molecular formula is C18H18BN. The monoisotopic (exact) mass is 259 g/mol. The maximum atomic E-state index is 2.28. The van der Waals surface area contributed by atoms with E-state index in [2.05, 4.69) is 96.8 Å². The summed E-state index contributed by atoms with van der Waals surface area (Å²) in [6, 6.07) is 21.5. The average Bonchev–Trinajstić information content (AvgIpc) is 2.52. The van der Waals surface area contributed by atoms with Gasteiger partial charge in [0.15, 0.2) is 0 Å². The van der Waals surface area contributed by atoms with Gasteiger partial charge in [-0.1, -0.05) is 72.7 Å².